The Labute approximate surface area is 174 Å². The summed E-state index contributed by atoms with van der Waals surface area (Å²) in [6.07, 6.45) is -1.32. The van der Waals surface area contributed by atoms with E-state index in [4.69, 9.17) is 18.9 Å². The summed E-state index contributed by atoms with van der Waals surface area (Å²) in [5.41, 5.74) is -2.37. The molecule has 8 nitrogen and oxygen atoms in total. The minimum absolute atomic E-state index is 0.391. The third-order valence-corrected chi connectivity index (χ3v) is 5.48. The number of carbonyl (C=O) groups is 2. The molecule has 2 saturated heterocycles. The van der Waals surface area contributed by atoms with Gasteiger partial charge < -0.3 is 18.9 Å². The summed E-state index contributed by atoms with van der Waals surface area (Å²) in [5, 5.41) is 0. The molecule has 2 rings (SSSR count). The van der Waals surface area contributed by atoms with Gasteiger partial charge in [0.05, 0.1) is 24.3 Å². The molecule has 2 heterocycles. The number of rotatable bonds is 4. The van der Waals surface area contributed by atoms with Crippen molar-refractivity contribution in [3.05, 3.63) is 0 Å². The van der Waals surface area contributed by atoms with Gasteiger partial charge in [-0.2, -0.15) is 0 Å². The average molecular weight is 415 g/mol. The largest absolute Gasteiger partial charge is 0.446 e. The highest BCUT2D eigenvalue weighted by Crippen LogP contribution is 2.36. The molecule has 2 fully saturated rings. The molecule has 2 atom stereocenters. The molecule has 0 aromatic rings. The van der Waals surface area contributed by atoms with Gasteiger partial charge in [0.2, 0.25) is 0 Å². The molecule has 0 aliphatic carbocycles. The molecule has 168 valence electrons. The Kier molecular flexibility index (Phi) is 6.23. The molecule has 0 spiro atoms. The first-order valence-corrected chi connectivity index (χ1v) is 10.3. The van der Waals surface area contributed by atoms with Gasteiger partial charge in [0.15, 0.2) is 0 Å². The Balaban J connectivity index is 1.93. The van der Waals surface area contributed by atoms with E-state index in [9.17, 15) is 9.59 Å². The third kappa shape index (κ3) is 4.97. The molecular formula is C21H38N2O6. The Bertz CT molecular complexity index is 557. The predicted molar refractivity (Wildman–Crippen MR) is 108 cm³/mol. The van der Waals surface area contributed by atoms with Crippen LogP contribution in [-0.2, 0) is 18.9 Å². The molecule has 0 saturated carbocycles. The number of carbonyl (C=O) groups excluding carboxylic acids is 2. The summed E-state index contributed by atoms with van der Waals surface area (Å²) in [6, 6.07) is 0. The Morgan fingerprint density at radius 3 is 1.31 bits per heavy atom. The number of nitrogens with zero attached hydrogens (tertiary/aromatic N) is 2. The second kappa shape index (κ2) is 7.61. The molecular weight excluding hydrogens is 376 g/mol. The van der Waals surface area contributed by atoms with Crippen LogP contribution in [0.1, 0.15) is 75.7 Å². The molecule has 2 aliphatic heterocycles. The normalized spacial score (nSPS) is 26.1. The van der Waals surface area contributed by atoms with Gasteiger partial charge >= 0.3 is 12.2 Å². The van der Waals surface area contributed by atoms with E-state index in [1.807, 2.05) is 55.4 Å². The second-order valence-corrected chi connectivity index (χ2v) is 10.4. The number of amides is 2. The summed E-state index contributed by atoms with van der Waals surface area (Å²) >= 11 is 0. The van der Waals surface area contributed by atoms with Gasteiger partial charge in [-0.25, -0.2) is 9.59 Å². The lowest BCUT2D eigenvalue weighted by Crippen LogP contribution is -2.54. The fraction of sp³-hybridized carbons (Fsp3) is 0.905. The fourth-order valence-electron chi connectivity index (χ4n) is 4.37. The van der Waals surface area contributed by atoms with Crippen molar-refractivity contribution in [2.75, 3.05) is 13.2 Å². The Hall–Kier alpha value is -1.54. The van der Waals surface area contributed by atoms with Crippen LogP contribution in [0.5, 0.6) is 0 Å². The van der Waals surface area contributed by atoms with Crippen LogP contribution in [0.4, 0.5) is 9.59 Å². The molecule has 0 N–H and O–H groups in total. The Morgan fingerprint density at radius 2 is 1.07 bits per heavy atom. The monoisotopic (exact) mass is 414 g/mol. The van der Waals surface area contributed by atoms with E-state index in [0.717, 1.165) is 0 Å². The first-order valence-electron chi connectivity index (χ1n) is 10.3. The summed E-state index contributed by atoms with van der Waals surface area (Å²) in [6.45, 7) is 19.7. The first-order chi connectivity index (χ1) is 13.0. The van der Waals surface area contributed by atoms with Gasteiger partial charge in [-0.1, -0.05) is 0 Å². The highest BCUT2D eigenvalue weighted by molar-refractivity contribution is 5.71. The van der Waals surface area contributed by atoms with Crippen molar-refractivity contribution >= 4 is 12.2 Å². The van der Waals surface area contributed by atoms with Gasteiger partial charge in [-0.15, -0.1) is 0 Å². The summed E-state index contributed by atoms with van der Waals surface area (Å²) < 4.78 is 22.8. The van der Waals surface area contributed by atoms with Gasteiger partial charge in [0.25, 0.3) is 0 Å². The van der Waals surface area contributed by atoms with E-state index in [1.165, 1.54) is 0 Å². The molecule has 2 amide bonds. The number of ether oxygens (including phenoxy) is 4. The minimum Gasteiger partial charge on any atom is -0.446 e. The summed E-state index contributed by atoms with van der Waals surface area (Å²) in [4.78, 5) is 28.8. The molecule has 0 unspecified atom stereocenters. The van der Waals surface area contributed by atoms with Crippen molar-refractivity contribution in [2.45, 2.75) is 110 Å². The van der Waals surface area contributed by atoms with Gasteiger partial charge in [-0.05, 0) is 69.2 Å². The standard InChI is InChI=1S/C21H38N2O6/c1-14(28-16(24)22-18(3,4)12-26-20(22,7)8)11-15(2)29-17(25)23-19(5,6)13-27-21(23,9)10/h14-15H,11-13H2,1-10H3/t14-,15-/m0/s1. The third-order valence-electron chi connectivity index (χ3n) is 5.48. The fourth-order valence-corrected chi connectivity index (χ4v) is 4.37. The van der Waals surface area contributed by atoms with Gasteiger partial charge in [0, 0.05) is 6.42 Å². The van der Waals surface area contributed by atoms with E-state index in [0.29, 0.717) is 19.6 Å². The quantitative estimate of drug-likeness (QED) is 0.689. The van der Waals surface area contributed by atoms with Crippen LogP contribution in [-0.4, -0.2) is 69.9 Å². The molecule has 0 aromatic heterocycles. The van der Waals surface area contributed by atoms with Crippen molar-refractivity contribution in [2.24, 2.45) is 0 Å². The van der Waals surface area contributed by atoms with E-state index < -0.39 is 46.9 Å². The van der Waals surface area contributed by atoms with Crippen LogP contribution in [0, 0.1) is 0 Å². The molecule has 8 heteroatoms. The maximum atomic E-state index is 12.8. The summed E-state index contributed by atoms with van der Waals surface area (Å²) in [5.74, 6) is 0. The van der Waals surface area contributed by atoms with Crippen LogP contribution in [0.3, 0.4) is 0 Å². The zero-order valence-corrected chi connectivity index (χ0v) is 19.6. The first kappa shape index (κ1) is 23.7. The summed E-state index contributed by atoms with van der Waals surface area (Å²) in [7, 11) is 0. The number of hydrogen-bond acceptors (Lipinski definition) is 6. The van der Waals surface area contributed by atoms with Gasteiger partial charge in [-0.3, -0.25) is 9.80 Å². The lowest BCUT2D eigenvalue weighted by Gasteiger charge is -2.38. The van der Waals surface area contributed by atoms with E-state index in [1.54, 1.807) is 23.6 Å². The van der Waals surface area contributed by atoms with Crippen LogP contribution in [0.25, 0.3) is 0 Å². The van der Waals surface area contributed by atoms with Crippen LogP contribution < -0.4 is 0 Å². The van der Waals surface area contributed by atoms with E-state index in [-0.39, 0.29) is 0 Å². The molecule has 29 heavy (non-hydrogen) atoms. The minimum atomic E-state index is -0.731. The van der Waals surface area contributed by atoms with Crippen molar-refractivity contribution < 1.29 is 28.5 Å². The topological polar surface area (TPSA) is 77.5 Å². The predicted octanol–water partition coefficient (Wildman–Crippen LogP) is 4.12. The Morgan fingerprint density at radius 1 is 0.759 bits per heavy atom. The van der Waals surface area contributed by atoms with Crippen molar-refractivity contribution in [1.29, 1.82) is 0 Å². The zero-order valence-electron chi connectivity index (χ0n) is 19.6. The average Bonchev–Trinajstić information content (AvgIpc) is 2.85. The highest BCUT2D eigenvalue weighted by Gasteiger charge is 2.51. The van der Waals surface area contributed by atoms with Crippen LogP contribution >= 0.6 is 0 Å². The SMILES string of the molecule is C[C@@H](C[C@H](C)OC(=O)N1C(C)(C)COC1(C)C)OC(=O)N1C(C)(C)COC1(C)C. The molecule has 0 radical (unpaired) electrons. The van der Waals surface area contributed by atoms with Crippen molar-refractivity contribution in [3.8, 4) is 0 Å². The van der Waals surface area contributed by atoms with E-state index in [2.05, 4.69) is 0 Å². The van der Waals surface area contributed by atoms with E-state index >= 15 is 0 Å². The zero-order chi connectivity index (χ0) is 22.4. The van der Waals surface area contributed by atoms with Crippen molar-refractivity contribution in [1.82, 2.24) is 9.80 Å². The maximum Gasteiger partial charge on any atom is 0.412 e. The smallest absolute Gasteiger partial charge is 0.412 e. The number of hydrogen-bond donors (Lipinski definition) is 0. The molecule has 0 bridgehead atoms. The molecule has 0 aromatic carbocycles. The second-order valence-electron chi connectivity index (χ2n) is 10.4. The van der Waals surface area contributed by atoms with Crippen LogP contribution in [0.15, 0.2) is 0 Å². The van der Waals surface area contributed by atoms with Crippen molar-refractivity contribution in [3.63, 3.8) is 0 Å². The molecule has 2 aliphatic rings. The van der Waals surface area contributed by atoms with Crippen LogP contribution in [0.2, 0.25) is 0 Å². The lowest BCUT2D eigenvalue weighted by atomic mass is 10.0. The van der Waals surface area contributed by atoms with Gasteiger partial charge in [0.1, 0.15) is 23.7 Å². The lowest BCUT2D eigenvalue weighted by molar-refractivity contribution is -0.0658. The maximum absolute atomic E-state index is 12.8. The highest BCUT2D eigenvalue weighted by atomic mass is 16.6.